The summed E-state index contributed by atoms with van der Waals surface area (Å²) in [6, 6.07) is 9.30. The minimum atomic E-state index is -0.937. The molecule has 2 N–H and O–H groups in total. The van der Waals surface area contributed by atoms with Crippen LogP contribution >= 0.6 is 0 Å². The third-order valence-corrected chi connectivity index (χ3v) is 6.04. The summed E-state index contributed by atoms with van der Waals surface area (Å²) >= 11 is 0. The average Bonchev–Trinajstić information content (AvgIpc) is 3.34. The van der Waals surface area contributed by atoms with Crippen LogP contribution in [0.15, 0.2) is 42.5 Å². The first-order valence-electron chi connectivity index (χ1n) is 11.6. The molecule has 2 heterocycles. The Bertz CT molecular complexity index is 1270. The maximum absolute atomic E-state index is 14.9. The Hall–Kier alpha value is -4.38. The second kappa shape index (κ2) is 11.6. The monoisotopic (exact) mass is 504 g/mol. The number of amides is 4. The number of ether oxygens (including phenoxy) is 2. The highest BCUT2D eigenvalue weighted by Gasteiger charge is 2.40. The highest BCUT2D eigenvalue weighted by molar-refractivity contribution is 6.00. The zero-order chi connectivity index (χ0) is 26.4. The lowest BCUT2D eigenvalue weighted by Gasteiger charge is -2.27. The van der Waals surface area contributed by atoms with E-state index in [4.69, 9.17) is 22.3 Å². The summed E-state index contributed by atoms with van der Waals surface area (Å²) in [4.78, 5) is 41.0. The van der Waals surface area contributed by atoms with Gasteiger partial charge in [-0.1, -0.05) is 11.8 Å². The number of benzene rings is 2. The zero-order valence-corrected chi connectivity index (χ0v) is 19.9. The first-order chi connectivity index (χ1) is 17.9. The van der Waals surface area contributed by atoms with Gasteiger partial charge in [-0.2, -0.15) is 0 Å². The van der Waals surface area contributed by atoms with Crippen molar-refractivity contribution in [3.8, 4) is 24.7 Å². The van der Waals surface area contributed by atoms with Gasteiger partial charge in [0.2, 0.25) is 5.91 Å². The highest BCUT2D eigenvalue weighted by Crippen LogP contribution is 2.26. The van der Waals surface area contributed by atoms with Crippen LogP contribution in [-0.2, 0) is 19.1 Å². The number of urea groups is 1. The lowest BCUT2D eigenvalue weighted by Crippen LogP contribution is -2.45. The van der Waals surface area contributed by atoms with Gasteiger partial charge in [0, 0.05) is 36.4 Å². The second-order valence-corrected chi connectivity index (χ2v) is 8.44. The number of rotatable bonds is 6. The molecule has 0 aromatic heterocycles. The van der Waals surface area contributed by atoms with Crippen molar-refractivity contribution in [1.29, 1.82) is 0 Å². The van der Waals surface area contributed by atoms with Crippen molar-refractivity contribution in [3.63, 3.8) is 0 Å². The maximum Gasteiger partial charge on any atom is 0.322 e. The molecule has 2 aromatic rings. The Morgan fingerprint density at radius 2 is 1.95 bits per heavy atom. The lowest BCUT2D eigenvalue weighted by atomic mass is 10.1. The van der Waals surface area contributed by atoms with Crippen LogP contribution in [-0.4, -0.2) is 67.8 Å². The predicted molar refractivity (Wildman–Crippen MR) is 135 cm³/mol. The molecule has 4 rings (SSSR count). The molecule has 2 aliphatic rings. The molecule has 0 aliphatic carbocycles. The van der Waals surface area contributed by atoms with Gasteiger partial charge < -0.3 is 29.9 Å². The van der Waals surface area contributed by atoms with E-state index in [1.807, 2.05) is 0 Å². The van der Waals surface area contributed by atoms with Crippen LogP contribution in [0.4, 0.5) is 26.2 Å². The zero-order valence-electron chi connectivity index (χ0n) is 19.9. The second-order valence-electron chi connectivity index (χ2n) is 8.44. The number of terminal acetylenes is 2. The van der Waals surface area contributed by atoms with E-state index in [1.165, 1.54) is 21.9 Å². The Labute approximate surface area is 213 Å². The number of halogens is 1. The minimum absolute atomic E-state index is 0.0262. The molecule has 2 aromatic carbocycles. The number of hydrogen-bond donors (Lipinski definition) is 2. The number of anilines is 3. The third kappa shape index (κ3) is 6.07. The predicted octanol–water partition coefficient (Wildman–Crippen LogP) is 2.43. The number of carbonyl (C=O) groups excluding carboxylic acids is 3. The highest BCUT2D eigenvalue weighted by atomic mass is 19.1. The van der Waals surface area contributed by atoms with E-state index in [0.29, 0.717) is 30.1 Å². The molecule has 190 valence electrons. The average molecular weight is 505 g/mol. The van der Waals surface area contributed by atoms with Gasteiger partial charge >= 0.3 is 6.03 Å². The SMILES string of the molecule is C#CCO[C@H]1C[C@H](C(=O)Nc2ccc(N3CCOCC3=O)cc2F)N(C(=O)Nc2ccc(C#C)cc2)C1. The van der Waals surface area contributed by atoms with Gasteiger partial charge in [-0.15, -0.1) is 12.8 Å². The Balaban J connectivity index is 1.48. The largest absolute Gasteiger partial charge is 0.370 e. The number of nitrogens with one attached hydrogen (secondary N) is 2. The summed E-state index contributed by atoms with van der Waals surface area (Å²) in [6.45, 7) is 0.729. The number of carbonyl (C=O) groups is 3. The van der Waals surface area contributed by atoms with E-state index in [1.54, 1.807) is 30.3 Å². The van der Waals surface area contributed by atoms with E-state index in [-0.39, 0.29) is 37.8 Å². The Morgan fingerprint density at radius 3 is 2.62 bits per heavy atom. The first-order valence-corrected chi connectivity index (χ1v) is 11.6. The van der Waals surface area contributed by atoms with Crippen molar-refractivity contribution >= 4 is 34.9 Å². The molecule has 0 bridgehead atoms. The van der Waals surface area contributed by atoms with Gasteiger partial charge in [0.25, 0.3) is 5.91 Å². The fourth-order valence-electron chi connectivity index (χ4n) is 4.18. The number of likely N-dealkylation sites (tertiary alicyclic amines) is 1. The topological polar surface area (TPSA) is 100 Å². The first kappa shape index (κ1) is 25.7. The van der Waals surface area contributed by atoms with Crippen molar-refractivity contribution < 1.29 is 28.2 Å². The molecule has 37 heavy (non-hydrogen) atoms. The summed E-state index contributed by atoms with van der Waals surface area (Å²) in [5.41, 5.74) is 1.44. The van der Waals surface area contributed by atoms with Crippen molar-refractivity contribution in [2.45, 2.75) is 18.6 Å². The molecule has 2 saturated heterocycles. The van der Waals surface area contributed by atoms with Crippen LogP contribution in [0.3, 0.4) is 0 Å². The molecule has 0 unspecified atom stereocenters. The quantitative estimate of drug-likeness (QED) is 0.589. The maximum atomic E-state index is 14.9. The molecule has 2 aliphatic heterocycles. The van der Waals surface area contributed by atoms with Crippen LogP contribution in [0.1, 0.15) is 12.0 Å². The molecule has 4 amide bonds. The van der Waals surface area contributed by atoms with Crippen molar-refractivity contribution in [2.24, 2.45) is 0 Å². The van der Waals surface area contributed by atoms with Crippen LogP contribution in [0, 0.1) is 30.5 Å². The van der Waals surface area contributed by atoms with Crippen molar-refractivity contribution in [3.05, 3.63) is 53.8 Å². The van der Waals surface area contributed by atoms with Crippen molar-refractivity contribution in [2.75, 3.05) is 48.4 Å². The molecule has 0 spiro atoms. The third-order valence-electron chi connectivity index (χ3n) is 6.04. The lowest BCUT2D eigenvalue weighted by molar-refractivity contribution is -0.125. The van der Waals surface area contributed by atoms with E-state index < -0.39 is 29.9 Å². The summed E-state index contributed by atoms with van der Waals surface area (Å²) < 4.78 is 25.6. The number of nitrogens with zero attached hydrogens (tertiary/aromatic N) is 2. The van der Waals surface area contributed by atoms with Gasteiger partial charge in [0.05, 0.1) is 18.4 Å². The summed E-state index contributed by atoms with van der Waals surface area (Å²) in [6.07, 6.45) is 10.4. The van der Waals surface area contributed by atoms with Crippen molar-refractivity contribution in [1.82, 2.24) is 4.90 Å². The van der Waals surface area contributed by atoms with E-state index in [2.05, 4.69) is 22.5 Å². The van der Waals surface area contributed by atoms with Crippen LogP contribution < -0.4 is 15.5 Å². The molecular formula is C27H25FN4O5. The molecule has 0 saturated carbocycles. The Kier molecular flexibility index (Phi) is 8.04. The molecule has 10 heteroatoms. The van der Waals surface area contributed by atoms with Crippen LogP contribution in [0.25, 0.3) is 0 Å². The molecule has 2 atom stereocenters. The summed E-state index contributed by atoms with van der Waals surface area (Å²) in [7, 11) is 0. The van der Waals surface area contributed by atoms with E-state index in [9.17, 15) is 18.8 Å². The standard InChI is InChI=1S/C27H25FN4O5/c1-3-12-37-21-15-24(32(16-21)27(35)29-19-7-5-18(4-2)6-8-19)26(34)30-23-10-9-20(14-22(23)28)31-11-13-36-17-25(31)33/h1-2,5-10,14,21,24H,11-13,15-17H2,(H,29,35)(H,30,34)/t21-,24+/m0/s1. The fraction of sp³-hybridized carbons (Fsp3) is 0.296. The molecule has 2 fully saturated rings. The minimum Gasteiger partial charge on any atom is -0.370 e. The molecule has 9 nitrogen and oxygen atoms in total. The fourth-order valence-corrected chi connectivity index (χ4v) is 4.18. The molecular weight excluding hydrogens is 479 g/mol. The van der Waals surface area contributed by atoms with Crippen LogP contribution in [0.5, 0.6) is 0 Å². The van der Waals surface area contributed by atoms with Gasteiger partial charge in [0.1, 0.15) is 25.1 Å². The Morgan fingerprint density at radius 1 is 1.16 bits per heavy atom. The van der Waals surface area contributed by atoms with Crippen LogP contribution in [0.2, 0.25) is 0 Å². The van der Waals surface area contributed by atoms with Gasteiger partial charge in [-0.25, -0.2) is 9.18 Å². The summed E-state index contributed by atoms with van der Waals surface area (Å²) in [5.74, 6) is 3.29. The van der Waals surface area contributed by atoms with Gasteiger partial charge in [-0.05, 0) is 42.5 Å². The van der Waals surface area contributed by atoms with E-state index >= 15 is 0 Å². The summed E-state index contributed by atoms with van der Waals surface area (Å²) in [5, 5.41) is 5.29. The number of hydrogen-bond acceptors (Lipinski definition) is 5. The van der Waals surface area contributed by atoms with Gasteiger partial charge in [-0.3, -0.25) is 9.59 Å². The smallest absolute Gasteiger partial charge is 0.322 e. The number of morpholine rings is 1. The molecule has 0 radical (unpaired) electrons. The normalized spacial score (nSPS) is 19.2. The van der Waals surface area contributed by atoms with E-state index in [0.717, 1.165) is 0 Å². The van der Waals surface area contributed by atoms with Gasteiger partial charge in [0.15, 0.2) is 0 Å².